The Morgan fingerprint density at radius 3 is 2.75 bits per heavy atom. The number of aromatic nitrogens is 3. The molecule has 1 atom stereocenters. The molecule has 0 saturated carbocycles. The Morgan fingerprint density at radius 1 is 1.17 bits per heavy atom. The lowest BCUT2D eigenvalue weighted by Gasteiger charge is -2.23. The van der Waals surface area contributed by atoms with Crippen molar-refractivity contribution in [2.24, 2.45) is 0 Å². The normalized spacial score (nSPS) is 16.2. The molecule has 1 aromatic carbocycles. The van der Waals surface area contributed by atoms with Crippen LogP contribution < -0.4 is 14.8 Å². The summed E-state index contributed by atoms with van der Waals surface area (Å²) in [5.41, 5.74) is 2.13. The lowest BCUT2D eigenvalue weighted by Crippen LogP contribution is -2.41. The molecule has 3 aromatic heterocycles. The number of nitrogens with zero attached hydrogens (tertiary/aromatic N) is 3. The second-order valence-electron chi connectivity index (χ2n) is 8.40. The number of nitrogens with one attached hydrogen (secondary N) is 2. The Morgan fingerprint density at radius 2 is 2.00 bits per heavy atom. The van der Waals surface area contributed by atoms with E-state index < -0.39 is 21.7 Å². The number of imidazole rings is 1. The summed E-state index contributed by atoms with van der Waals surface area (Å²) in [5, 5.41) is 3.25. The molecule has 1 fully saturated rings. The van der Waals surface area contributed by atoms with E-state index >= 15 is 0 Å². The van der Waals surface area contributed by atoms with Gasteiger partial charge in [-0.3, -0.25) is 14.1 Å². The maximum atomic E-state index is 14.5. The van der Waals surface area contributed by atoms with Gasteiger partial charge in [-0.1, -0.05) is 0 Å². The molecule has 0 radical (unpaired) electrons. The molecule has 4 aromatic rings. The number of morpholine rings is 1. The number of benzene rings is 1. The average molecular weight is 516 g/mol. The molecule has 0 amide bonds. The van der Waals surface area contributed by atoms with E-state index in [0.717, 1.165) is 31.6 Å². The van der Waals surface area contributed by atoms with E-state index in [9.17, 15) is 17.2 Å². The molecule has 0 bridgehead atoms. The first-order chi connectivity index (χ1) is 17.2. The Labute approximate surface area is 206 Å². The minimum absolute atomic E-state index is 0.0331. The molecule has 0 spiro atoms. The molecule has 188 valence electrons. The van der Waals surface area contributed by atoms with Gasteiger partial charge in [0.2, 0.25) is 10.0 Å². The fraction of sp³-hybridized carbons (Fsp3) is 0.250. The molecule has 12 heteroatoms. The maximum Gasteiger partial charge on any atom is 0.229 e. The summed E-state index contributed by atoms with van der Waals surface area (Å²) in [6.45, 7) is 2.59. The van der Waals surface area contributed by atoms with Crippen molar-refractivity contribution >= 4 is 21.4 Å². The van der Waals surface area contributed by atoms with Crippen LogP contribution in [0.1, 0.15) is 0 Å². The van der Waals surface area contributed by atoms with Gasteiger partial charge in [0.15, 0.2) is 5.82 Å². The van der Waals surface area contributed by atoms with Gasteiger partial charge < -0.3 is 14.8 Å². The number of anilines is 1. The van der Waals surface area contributed by atoms with Crippen LogP contribution in [0.4, 0.5) is 14.5 Å². The summed E-state index contributed by atoms with van der Waals surface area (Å²) < 4.78 is 67.4. The third-order valence-electron chi connectivity index (χ3n) is 5.54. The molecular weight excluding hydrogens is 492 g/mol. The lowest BCUT2D eigenvalue weighted by molar-refractivity contribution is 0.000198. The van der Waals surface area contributed by atoms with Crippen LogP contribution in [0.25, 0.3) is 28.2 Å². The smallest absolute Gasteiger partial charge is 0.229 e. The van der Waals surface area contributed by atoms with Crippen LogP contribution >= 0.6 is 0 Å². The molecule has 36 heavy (non-hydrogen) atoms. The highest BCUT2D eigenvalue weighted by molar-refractivity contribution is 7.92. The number of halogens is 2. The molecule has 1 saturated heterocycles. The van der Waals surface area contributed by atoms with Crippen molar-refractivity contribution in [1.29, 1.82) is 0 Å². The van der Waals surface area contributed by atoms with E-state index in [2.05, 4.69) is 20.0 Å². The first kappa shape index (κ1) is 24.1. The Kier molecular flexibility index (Phi) is 6.56. The zero-order valence-corrected chi connectivity index (χ0v) is 20.1. The number of pyridine rings is 2. The molecule has 4 heterocycles. The van der Waals surface area contributed by atoms with Gasteiger partial charge in [-0.15, -0.1) is 0 Å². The van der Waals surface area contributed by atoms with E-state index in [-0.39, 0.29) is 23.0 Å². The number of sulfonamides is 1. The summed E-state index contributed by atoms with van der Waals surface area (Å²) in [4.78, 5) is 8.31. The van der Waals surface area contributed by atoms with Crippen LogP contribution in [0.3, 0.4) is 0 Å². The number of hydrogen-bond acceptors (Lipinski definition) is 7. The van der Waals surface area contributed by atoms with Crippen LogP contribution in [0.5, 0.6) is 5.75 Å². The third-order valence-corrected chi connectivity index (χ3v) is 6.14. The first-order valence-electron chi connectivity index (χ1n) is 11.1. The van der Waals surface area contributed by atoms with Crippen molar-refractivity contribution in [1.82, 2.24) is 19.7 Å². The highest BCUT2D eigenvalue weighted by Gasteiger charge is 2.17. The maximum absolute atomic E-state index is 14.5. The van der Waals surface area contributed by atoms with E-state index in [4.69, 9.17) is 9.47 Å². The topological polar surface area (TPSA) is 107 Å². The summed E-state index contributed by atoms with van der Waals surface area (Å²) in [7, 11) is -3.62. The van der Waals surface area contributed by atoms with Crippen molar-refractivity contribution in [2.75, 3.05) is 37.3 Å². The van der Waals surface area contributed by atoms with Crippen LogP contribution in [-0.4, -0.2) is 61.4 Å². The van der Waals surface area contributed by atoms with Crippen molar-refractivity contribution < 1.29 is 26.7 Å². The van der Waals surface area contributed by atoms with E-state index in [0.29, 0.717) is 35.9 Å². The van der Waals surface area contributed by atoms with Crippen molar-refractivity contribution in [2.45, 2.75) is 6.10 Å². The molecule has 0 aliphatic carbocycles. The number of hydrogen-bond donors (Lipinski definition) is 2. The fourth-order valence-electron chi connectivity index (χ4n) is 3.99. The largest absolute Gasteiger partial charge is 0.491 e. The molecule has 1 aliphatic rings. The Bertz CT molecular complexity index is 1520. The lowest BCUT2D eigenvalue weighted by atomic mass is 10.0. The summed E-state index contributed by atoms with van der Waals surface area (Å²) in [6, 6.07) is 8.97. The SMILES string of the molecule is CS(=O)(=O)Nc1cc(-c2ncc(F)cc2F)cc(-c2cnc3cc(OC[C@@H]4CNCCO4)ccn23)c1. The van der Waals surface area contributed by atoms with Gasteiger partial charge in [0, 0.05) is 48.2 Å². The predicted molar refractivity (Wildman–Crippen MR) is 130 cm³/mol. The van der Waals surface area contributed by atoms with E-state index in [1.807, 2.05) is 0 Å². The average Bonchev–Trinajstić information content (AvgIpc) is 3.25. The van der Waals surface area contributed by atoms with Gasteiger partial charge in [-0.2, -0.15) is 0 Å². The first-order valence-corrected chi connectivity index (χ1v) is 13.0. The highest BCUT2D eigenvalue weighted by atomic mass is 32.2. The minimum atomic E-state index is -3.62. The van der Waals surface area contributed by atoms with Gasteiger partial charge in [-0.25, -0.2) is 22.2 Å². The second-order valence-corrected chi connectivity index (χ2v) is 10.1. The van der Waals surface area contributed by atoms with Gasteiger partial charge in [-0.05, 0) is 24.3 Å². The molecule has 1 aliphatic heterocycles. The fourth-order valence-corrected chi connectivity index (χ4v) is 4.54. The van der Waals surface area contributed by atoms with Gasteiger partial charge >= 0.3 is 0 Å². The van der Waals surface area contributed by atoms with Crippen LogP contribution in [0, 0.1) is 11.6 Å². The van der Waals surface area contributed by atoms with Crippen LogP contribution in [-0.2, 0) is 14.8 Å². The van der Waals surface area contributed by atoms with E-state index in [1.54, 1.807) is 41.1 Å². The summed E-state index contributed by atoms with van der Waals surface area (Å²) in [5.74, 6) is -1.05. The summed E-state index contributed by atoms with van der Waals surface area (Å²) >= 11 is 0. The Hall–Kier alpha value is -3.61. The molecule has 2 N–H and O–H groups in total. The predicted octanol–water partition coefficient (Wildman–Crippen LogP) is 3.08. The second kappa shape index (κ2) is 9.80. The number of ether oxygens (including phenoxy) is 2. The summed E-state index contributed by atoms with van der Waals surface area (Å²) in [6.07, 6.45) is 5.28. The monoisotopic (exact) mass is 515 g/mol. The van der Waals surface area contributed by atoms with Gasteiger partial charge in [0.05, 0.1) is 31.0 Å². The van der Waals surface area contributed by atoms with Gasteiger partial charge in [0.25, 0.3) is 0 Å². The zero-order valence-electron chi connectivity index (χ0n) is 19.2. The third kappa shape index (κ3) is 5.45. The number of rotatable bonds is 7. The van der Waals surface area contributed by atoms with Crippen molar-refractivity contribution in [3.05, 3.63) is 66.6 Å². The van der Waals surface area contributed by atoms with Crippen LogP contribution in [0.2, 0.25) is 0 Å². The van der Waals surface area contributed by atoms with E-state index in [1.165, 1.54) is 6.07 Å². The molecule has 9 nitrogen and oxygen atoms in total. The van der Waals surface area contributed by atoms with Crippen molar-refractivity contribution in [3.63, 3.8) is 0 Å². The molecule has 5 rings (SSSR count). The van der Waals surface area contributed by atoms with Crippen molar-refractivity contribution in [3.8, 4) is 28.3 Å². The molecular formula is C24H23F2N5O4S. The van der Waals surface area contributed by atoms with Crippen LogP contribution in [0.15, 0.2) is 55.0 Å². The number of fused-ring (bicyclic) bond motifs is 1. The zero-order chi connectivity index (χ0) is 25.3. The Balaban J connectivity index is 1.50. The quantitative estimate of drug-likeness (QED) is 0.390. The minimum Gasteiger partial charge on any atom is -0.491 e. The highest BCUT2D eigenvalue weighted by Crippen LogP contribution is 2.32. The molecule has 0 unspecified atom stereocenters. The standard InChI is InChI=1S/C24H23F2N5O4S/c1-36(32,33)30-18-7-15(6-16(8-18)24-21(26)9-17(25)11-29-24)22-13-28-23-10-19(2-4-31(22)23)35-14-20-12-27-3-5-34-20/h2,4,6-11,13,20,27,30H,3,5,12,14H2,1H3/t20-/m0/s1. The van der Waals surface area contributed by atoms with Gasteiger partial charge in [0.1, 0.15) is 35.6 Å².